The molecule has 0 spiro atoms. The minimum Gasteiger partial charge on any atom is -0.465 e. The number of nitriles is 1. The van der Waals surface area contributed by atoms with Gasteiger partial charge in [0.15, 0.2) is 0 Å². The number of carbonyl (C=O) groups is 1. The molecule has 1 saturated heterocycles. The lowest BCUT2D eigenvalue weighted by Gasteiger charge is -2.35. The van der Waals surface area contributed by atoms with Crippen molar-refractivity contribution in [2.75, 3.05) is 25.5 Å². The van der Waals surface area contributed by atoms with Gasteiger partial charge in [-0.05, 0) is 37.1 Å². The second-order valence-corrected chi connectivity index (χ2v) is 7.61. The van der Waals surface area contributed by atoms with Gasteiger partial charge in [0.1, 0.15) is 11.4 Å². The van der Waals surface area contributed by atoms with Gasteiger partial charge < -0.3 is 14.8 Å². The van der Waals surface area contributed by atoms with E-state index in [4.69, 9.17) is 10.00 Å². The number of carbonyl (C=O) groups excluding carboxylic acids is 1. The molecule has 30 heavy (non-hydrogen) atoms. The first-order chi connectivity index (χ1) is 14.4. The number of benzene rings is 2. The number of nitrogens with one attached hydrogen (secondary N) is 1. The van der Waals surface area contributed by atoms with Gasteiger partial charge in [0, 0.05) is 26.2 Å². The van der Waals surface area contributed by atoms with Crippen LogP contribution in [-0.4, -0.2) is 43.3 Å². The lowest BCUT2D eigenvalue weighted by molar-refractivity contribution is -0.0704. The highest BCUT2D eigenvalue weighted by Crippen LogP contribution is 2.23. The quantitative estimate of drug-likeness (QED) is 0.731. The Morgan fingerprint density at radius 1 is 1.23 bits per heavy atom. The molecule has 0 amide bonds. The standard InChI is InChI=1S/C23H26FN3O3/c1-15-12-27(13-16(2)30-15)14-18-6-4-17(5-7-18)11-26-21-9-19(10-25)8-20(24)22(21)23(28)29-3/h4-9,15-16,26H,11-14H2,1-3H3/t15-,16-/m0/s1. The maximum atomic E-state index is 14.3. The minimum atomic E-state index is -0.788. The number of methoxy groups -OCH3 is 1. The Morgan fingerprint density at radius 3 is 2.47 bits per heavy atom. The highest BCUT2D eigenvalue weighted by atomic mass is 19.1. The number of nitrogens with zero attached hydrogens (tertiary/aromatic N) is 2. The number of anilines is 1. The van der Waals surface area contributed by atoms with Crippen molar-refractivity contribution in [1.29, 1.82) is 5.26 Å². The van der Waals surface area contributed by atoms with Gasteiger partial charge in [-0.25, -0.2) is 9.18 Å². The van der Waals surface area contributed by atoms with Crippen LogP contribution in [0.15, 0.2) is 36.4 Å². The maximum absolute atomic E-state index is 14.3. The first-order valence-corrected chi connectivity index (χ1v) is 9.91. The van der Waals surface area contributed by atoms with Crippen LogP contribution in [0.2, 0.25) is 0 Å². The van der Waals surface area contributed by atoms with Gasteiger partial charge in [0.25, 0.3) is 0 Å². The molecule has 0 bridgehead atoms. The van der Waals surface area contributed by atoms with Crippen molar-refractivity contribution in [2.24, 2.45) is 0 Å². The number of hydrogen-bond donors (Lipinski definition) is 1. The highest BCUT2D eigenvalue weighted by Gasteiger charge is 2.22. The van der Waals surface area contributed by atoms with Crippen LogP contribution in [0.1, 0.15) is 40.9 Å². The van der Waals surface area contributed by atoms with Gasteiger partial charge in [-0.2, -0.15) is 5.26 Å². The highest BCUT2D eigenvalue weighted by molar-refractivity contribution is 5.96. The topological polar surface area (TPSA) is 74.6 Å². The Hall–Kier alpha value is -2.95. The third-order valence-corrected chi connectivity index (χ3v) is 5.02. The number of morpholine rings is 1. The second-order valence-electron chi connectivity index (χ2n) is 7.61. The maximum Gasteiger partial charge on any atom is 0.342 e. The molecule has 158 valence electrons. The summed E-state index contributed by atoms with van der Waals surface area (Å²) in [5.74, 6) is -1.57. The summed E-state index contributed by atoms with van der Waals surface area (Å²) in [6, 6.07) is 12.5. The molecule has 1 aliphatic rings. The van der Waals surface area contributed by atoms with Crippen molar-refractivity contribution >= 4 is 11.7 Å². The molecule has 7 heteroatoms. The summed E-state index contributed by atoms with van der Waals surface area (Å²) >= 11 is 0. The van der Waals surface area contributed by atoms with Crippen molar-refractivity contribution in [1.82, 2.24) is 4.90 Å². The molecule has 0 unspecified atom stereocenters. The third-order valence-electron chi connectivity index (χ3n) is 5.02. The number of rotatable bonds is 6. The van der Waals surface area contributed by atoms with Gasteiger partial charge >= 0.3 is 5.97 Å². The van der Waals surface area contributed by atoms with Gasteiger partial charge in [-0.15, -0.1) is 0 Å². The van der Waals surface area contributed by atoms with Crippen LogP contribution in [0.4, 0.5) is 10.1 Å². The third kappa shape index (κ3) is 5.35. The van der Waals surface area contributed by atoms with E-state index >= 15 is 0 Å². The molecular weight excluding hydrogens is 385 g/mol. The molecule has 6 nitrogen and oxygen atoms in total. The first kappa shape index (κ1) is 21.8. The molecule has 2 aromatic carbocycles. The van der Waals surface area contributed by atoms with Gasteiger partial charge in [-0.3, -0.25) is 4.90 Å². The lowest BCUT2D eigenvalue weighted by atomic mass is 10.1. The van der Waals surface area contributed by atoms with Gasteiger partial charge in [-0.1, -0.05) is 24.3 Å². The minimum absolute atomic E-state index is 0.131. The zero-order chi connectivity index (χ0) is 21.7. The molecule has 0 radical (unpaired) electrons. The predicted molar refractivity (Wildman–Crippen MR) is 112 cm³/mol. The normalized spacial score (nSPS) is 19.2. The van der Waals surface area contributed by atoms with Gasteiger partial charge in [0.05, 0.1) is 36.6 Å². The van der Waals surface area contributed by atoms with E-state index < -0.39 is 11.8 Å². The number of hydrogen-bond acceptors (Lipinski definition) is 6. The zero-order valence-electron chi connectivity index (χ0n) is 17.4. The van der Waals surface area contributed by atoms with Crippen LogP contribution in [0.5, 0.6) is 0 Å². The van der Waals surface area contributed by atoms with Crippen LogP contribution in [0.25, 0.3) is 0 Å². The van der Waals surface area contributed by atoms with Crippen LogP contribution >= 0.6 is 0 Å². The molecule has 1 N–H and O–H groups in total. The first-order valence-electron chi connectivity index (χ1n) is 9.91. The Morgan fingerprint density at radius 2 is 1.87 bits per heavy atom. The smallest absolute Gasteiger partial charge is 0.342 e. The van der Waals surface area contributed by atoms with Crippen LogP contribution < -0.4 is 5.32 Å². The van der Waals surface area contributed by atoms with Crippen LogP contribution in [0, 0.1) is 17.1 Å². The molecule has 1 aliphatic heterocycles. The Kier molecular flexibility index (Phi) is 7.03. The summed E-state index contributed by atoms with van der Waals surface area (Å²) in [5, 5.41) is 12.1. The zero-order valence-corrected chi connectivity index (χ0v) is 17.4. The second kappa shape index (κ2) is 9.70. The van der Waals surface area contributed by atoms with Crippen LogP contribution in [-0.2, 0) is 22.6 Å². The van der Waals surface area contributed by atoms with E-state index in [9.17, 15) is 9.18 Å². The molecule has 0 aliphatic carbocycles. The van der Waals surface area contributed by atoms with Crippen molar-refractivity contribution < 1.29 is 18.7 Å². The average Bonchev–Trinajstić information content (AvgIpc) is 2.71. The largest absolute Gasteiger partial charge is 0.465 e. The molecule has 0 aromatic heterocycles. The molecule has 2 aromatic rings. The Labute approximate surface area is 176 Å². The number of halogens is 1. The Bertz CT molecular complexity index is 930. The molecular formula is C23H26FN3O3. The summed E-state index contributed by atoms with van der Waals surface area (Å²) in [7, 11) is 1.19. The SMILES string of the molecule is COC(=O)c1c(F)cc(C#N)cc1NCc1ccc(CN2C[C@H](C)O[C@@H](C)C2)cc1. The molecule has 0 saturated carbocycles. The van der Waals surface area contributed by atoms with Gasteiger partial charge in [0.2, 0.25) is 0 Å². The predicted octanol–water partition coefficient (Wildman–Crippen LogP) is 3.71. The van der Waals surface area contributed by atoms with E-state index in [-0.39, 0.29) is 29.0 Å². The van der Waals surface area contributed by atoms with Crippen molar-refractivity contribution in [2.45, 2.75) is 39.1 Å². The van der Waals surface area contributed by atoms with E-state index in [1.54, 1.807) is 0 Å². The number of esters is 1. The van der Waals surface area contributed by atoms with Crippen molar-refractivity contribution in [3.8, 4) is 6.07 Å². The summed E-state index contributed by atoms with van der Waals surface area (Å²) in [5.41, 5.74) is 2.34. The molecule has 3 rings (SSSR count). The fourth-order valence-corrected chi connectivity index (χ4v) is 3.75. The van der Waals surface area contributed by atoms with E-state index in [0.717, 1.165) is 31.3 Å². The lowest BCUT2D eigenvalue weighted by Crippen LogP contribution is -2.44. The molecule has 1 fully saturated rings. The summed E-state index contributed by atoms with van der Waals surface area (Å²) < 4.78 is 24.7. The summed E-state index contributed by atoms with van der Waals surface area (Å²) in [6.45, 7) is 7.22. The van der Waals surface area contributed by atoms with E-state index in [1.165, 1.54) is 18.7 Å². The monoisotopic (exact) mass is 411 g/mol. The average molecular weight is 411 g/mol. The van der Waals surface area contributed by atoms with Crippen molar-refractivity contribution in [3.63, 3.8) is 0 Å². The molecule has 1 heterocycles. The van der Waals surface area contributed by atoms with E-state index in [0.29, 0.717) is 6.54 Å². The van der Waals surface area contributed by atoms with E-state index in [2.05, 4.69) is 40.9 Å². The fourth-order valence-electron chi connectivity index (χ4n) is 3.75. The fraction of sp³-hybridized carbons (Fsp3) is 0.391. The summed E-state index contributed by atoms with van der Waals surface area (Å²) in [6.07, 6.45) is 0.455. The van der Waals surface area contributed by atoms with Crippen molar-refractivity contribution in [3.05, 3.63) is 64.5 Å². The number of ether oxygens (including phenoxy) is 2. The van der Waals surface area contributed by atoms with E-state index in [1.807, 2.05) is 18.2 Å². The Balaban J connectivity index is 1.67. The summed E-state index contributed by atoms with van der Waals surface area (Å²) in [4.78, 5) is 14.3. The van der Waals surface area contributed by atoms with Crippen LogP contribution in [0.3, 0.4) is 0 Å². The molecule has 2 atom stereocenters.